The highest BCUT2D eigenvalue weighted by molar-refractivity contribution is 5.66. The first kappa shape index (κ1) is 43.6. The Bertz CT molecular complexity index is 1570. The Morgan fingerprint density at radius 3 is 2.14 bits per heavy atom. The quantitative estimate of drug-likeness (QED) is 0.127. The van der Waals surface area contributed by atoms with Crippen molar-refractivity contribution in [3.05, 3.63) is 0 Å². The molecule has 0 bridgehead atoms. The molecule has 0 aromatic carbocycles. The summed E-state index contributed by atoms with van der Waals surface area (Å²) >= 11 is 0. The zero-order valence-corrected chi connectivity index (χ0v) is 35.5. The summed E-state index contributed by atoms with van der Waals surface area (Å²) in [5.41, 5.74) is -3.32. The van der Waals surface area contributed by atoms with E-state index >= 15 is 0 Å². The van der Waals surface area contributed by atoms with Gasteiger partial charge in [-0.3, -0.25) is 4.79 Å². The van der Waals surface area contributed by atoms with E-state index in [1.807, 2.05) is 0 Å². The predicted octanol–water partition coefficient (Wildman–Crippen LogP) is 1.29. The topological polar surface area (TPSA) is 234 Å². The van der Waals surface area contributed by atoms with Crippen molar-refractivity contribution in [3.63, 3.8) is 0 Å². The van der Waals surface area contributed by atoms with Crippen LogP contribution in [0.4, 0.5) is 0 Å². The SMILES string of the molecule is CC(=O)O[C@H]1[C@H](O[C@H]2CC[C@]34C[C@]35CC[C@]3(C)[C@H]([C@]6(C)CC[C@@H](C(C)(C)O)O6)[C@H](O)C[C@@]3(C)[C@@H]5C[C@H](O[C@@H]3O[C@H](CO)[C@@H](O)[C@H](O)[C@H]3O)[C@H]4C2(C)C)OC[C@@H](O)[C@H]1O. The van der Waals surface area contributed by atoms with Crippen molar-refractivity contribution in [3.8, 4) is 0 Å². The van der Waals surface area contributed by atoms with Gasteiger partial charge in [-0.15, -0.1) is 0 Å². The van der Waals surface area contributed by atoms with Gasteiger partial charge in [-0.1, -0.05) is 27.7 Å². The zero-order chi connectivity index (χ0) is 42.3. The fraction of sp³-hybridized carbons (Fsp3) is 0.977. The van der Waals surface area contributed by atoms with E-state index in [9.17, 15) is 45.6 Å². The van der Waals surface area contributed by atoms with Crippen molar-refractivity contribution in [2.75, 3.05) is 13.2 Å². The summed E-state index contributed by atoms with van der Waals surface area (Å²) in [5, 5.41) is 87.3. The highest BCUT2D eigenvalue weighted by Crippen LogP contribution is 2.89. The Labute approximate surface area is 341 Å². The van der Waals surface area contributed by atoms with Crippen LogP contribution in [0.3, 0.4) is 0 Å². The van der Waals surface area contributed by atoms with Gasteiger partial charge in [-0.05, 0) is 117 Å². The summed E-state index contributed by atoms with van der Waals surface area (Å²) in [5.74, 6) is -0.931. The van der Waals surface area contributed by atoms with Crippen LogP contribution in [0.5, 0.6) is 0 Å². The fourth-order valence-corrected chi connectivity index (χ4v) is 15.2. The largest absolute Gasteiger partial charge is 0.454 e. The molecule has 0 radical (unpaired) electrons. The van der Waals surface area contributed by atoms with Crippen molar-refractivity contribution in [2.45, 2.75) is 204 Å². The number of ether oxygens (including phenoxy) is 6. The Morgan fingerprint density at radius 1 is 0.793 bits per heavy atom. The van der Waals surface area contributed by atoms with Crippen LogP contribution in [0.25, 0.3) is 0 Å². The van der Waals surface area contributed by atoms with Crippen molar-refractivity contribution >= 4 is 5.97 Å². The molecule has 0 aromatic heterocycles. The highest BCUT2D eigenvalue weighted by atomic mass is 16.7. The molecule has 8 rings (SSSR count). The van der Waals surface area contributed by atoms with Crippen LogP contribution in [-0.4, -0.2) is 151 Å². The van der Waals surface area contributed by atoms with E-state index in [-0.39, 0.29) is 52.1 Å². The maximum Gasteiger partial charge on any atom is 0.303 e. The summed E-state index contributed by atoms with van der Waals surface area (Å²) in [6.45, 7) is 15.0. The molecule has 0 unspecified atom stereocenters. The molecule has 8 aliphatic rings. The minimum atomic E-state index is -1.62. The molecule has 8 fully saturated rings. The number of esters is 1. The van der Waals surface area contributed by atoms with Crippen LogP contribution in [-0.2, 0) is 33.2 Å². The summed E-state index contributed by atoms with van der Waals surface area (Å²) in [4.78, 5) is 12.1. The summed E-state index contributed by atoms with van der Waals surface area (Å²) < 4.78 is 37.8. The van der Waals surface area contributed by atoms with Gasteiger partial charge in [0.15, 0.2) is 18.7 Å². The van der Waals surface area contributed by atoms with Gasteiger partial charge in [0, 0.05) is 12.8 Å². The molecule has 5 aliphatic carbocycles. The molecule has 8 N–H and O–H groups in total. The minimum absolute atomic E-state index is 0.0829. The lowest BCUT2D eigenvalue weighted by Gasteiger charge is -2.65. The third kappa shape index (κ3) is 6.17. The lowest BCUT2D eigenvalue weighted by atomic mass is 9.41. The molecule has 332 valence electrons. The average Bonchev–Trinajstić information content (AvgIpc) is 3.50. The molecule has 5 saturated carbocycles. The van der Waals surface area contributed by atoms with E-state index in [1.54, 1.807) is 13.8 Å². The van der Waals surface area contributed by atoms with E-state index < -0.39 is 103 Å². The van der Waals surface area contributed by atoms with Crippen LogP contribution in [0.15, 0.2) is 0 Å². The molecule has 0 aromatic rings. The van der Waals surface area contributed by atoms with Crippen molar-refractivity contribution in [1.82, 2.24) is 0 Å². The third-order valence-electron chi connectivity index (χ3n) is 17.9. The van der Waals surface area contributed by atoms with E-state index in [0.29, 0.717) is 25.7 Å². The van der Waals surface area contributed by atoms with Gasteiger partial charge in [0.05, 0.1) is 48.8 Å². The second-order valence-corrected chi connectivity index (χ2v) is 21.6. The van der Waals surface area contributed by atoms with Gasteiger partial charge < -0.3 is 69.3 Å². The first-order chi connectivity index (χ1) is 26.9. The van der Waals surface area contributed by atoms with Gasteiger partial charge in [0.25, 0.3) is 0 Å². The lowest BCUT2D eigenvalue weighted by Crippen LogP contribution is -2.65. The van der Waals surface area contributed by atoms with Gasteiger partial charge >= 0.3 is 5.97 Å². The minimum Gasteiger partial charge on any atom is -0.454 e. The van der Waals surface area contributed by atoms with Gasteiger partial charge in [-0.25, -0.2) is 0 Å². The maximum atomic E-state index is 12.2. The number of hydrogen-bond acceptors (Lipinski definition) is 15. The molecule has 3 saturated heterocycles. The van der Waals surface area contributed by atoms with Crippen LogP contribution >= 0.6 is 0 Å². The Balaban J connectivity index is 1.15. The second-order valence-electron chi connectivity index (χ2n) is 21.6. The van der Waals surface area contributed by atoms with Crippen LogP contribution in [0.1, 0.15) is 113 Å². The van der Waals surface area contributed by atoms with E-state index in [2.05, 4.69) is 34.6 Å². The number of carbonyl (C=O) groups excluding carboxylic acids is 1. The Kier molecular flexibility index (Phi) is 10.7. The Morgan fingerprint density at radius 2 is 1.50 bits per heavy atom. The number of aliphatic hydroxyl groups is 8. The van der Waals surface area contributed by atoms with Crippen LogP contribution < -0.4 is 0 Å². The monoisotopic (exact) mass is 826 g/mol. The number of rotatable bonds is 8. The van der Waals surface area contributed by atoms with Crippen molar-refractivity contribution in [1.29, 1.82) is 0 Å². The Hall–Kier alpha value is -1.05. The van der Waals surface area contributed by atoms with Crippen molar-refractivity contribution < 1.29 is 74.1 Å². The normalized spacial score (nSPS) is 56.1. The molecule has 58 heavy (non-hydrogen) atoms. The maximum absolute atomic E-state index is 12.2. The average molecular weight is 827 g/mol. The molecular formula is C43H70O15. The van der Waals surface area contributed by atoms with Gasteiger partial charge in [-0.2, -0.15) is 0 Å². The standard InChI is InChI=1S/C43H70O15/c1-20(45)54-32-28(48)22(47)18-53-36(32)57-26-10-12-43-19-42(43)14-13-39(6)33(41(8)11-9-27(58-41)38(4,5)52)21(46)16-40(39,7)25(42)15-23(34(43)37(26,2)3)55-35-31(51)30(50)29(49)24(17-44)56-35/h21-36,44,46-52H,9-19H2,1-8H3/t21-,22-,23+,24-,25+,26+,27+,28-,29-,30+,31-,32-,33-,34+,35-,36+,39-,40+,41+,42+,43-/m1/s1. The molecule has 21 atom stereocenters. The molecule has 3 heterocycles. The first-order valence-electron chi connectivity index (χ1n) is 21.8. The number of carbonyl (C=O) groups is 1. The van der Waals surface area contributed by atoms with Crippen LogP contribution in [0, 0.1) is 44.8 Å². The van der Waals surface area contributed by atoms with Gasteiger partial charge in [0.1, 0.15) is 36.6 Å². The highest BCUT2D eigenvalue weighted by Gasteiger charge is 2.85. The third-order valence-corrected chi connectivity index (χ3v) is 17.9. The fourth-order valence-electron chi connectivity index (χ4n) is 15.2. The number of aliphatic hydroxyl groups excluding tert-OH is 7. The van der Waals surface area contributed by atoms with E-state index in [0.717, 1.165) is 32.1 Å². The van der Waals surface area contributed by atoms with Crippen molar-refractivity contribution in [2.24, 2.45) is 44.8 Å². The number of fused-ring (bicyclic) bond motifs is 2. The second kappa shape index (κ2) is 14.2. The van der Waals surface area contributed by atoms with Gasteiger partial charge in [0.2, 0.25) is 0 Å². The molecule has 3 aliphatic heterocycles. The predicted molar refractivity (Wildman–Crippen MR) is 203 cm³/mol. The summed E-state index contributed by atoms with van der Waals surface area (Å²) in [6.07, 6.45) is -7.66. The van der Waals surface area contributed by atoms with E-state index in [1.165, 1.54) is 6.92 Å². The lowest BCUT2D eigenvalue weighted by molar-refractivity contribution is -0.339. The molecule has 0 amide bonds. The zero-order valence-electron chi connectivity index (χ0n) is 35.5. The van der Waals surface area contributed by atoms with E-state index in [4.69, 9.17) is 28.4 Å². The summed E-state index contributed by atoms with van der Waals surface area (Å²) in [6, 6.07) is 0. The molecule has 2 spiro atoms. The number of hydrogen-bond donors (Lipinski definition) is 8. The van der Waals surface area contributed by atoms with Crippen LogP contribution in [0.2, 0.25) is 0 Å². The molecule has 15 nitrogen and oxygen atoms in total. The first-order valence-corrected chi connectivity index (χ1v) is 21.8. The summed E-state index contributed by atoms with van der Waals surface area (Å²) in [7, 11) is 0. The smallest absolute Gasteiger partial charge is 0.303 e. The molecular weight excluding hydrogens is 756 g/mol. The molecule has 15 heteroatoms.